The van der Waals surface area contributed by atoms with E-state index in [1.165, 1.54) is 37.6 Å². The predicted molar refractivity (Wildman–Crippen MR) is 88.8 cm³/mol. The quantitative estimate of drug-likeness (QED) is 0.647. The van der Waals surface area contributed by atoms with Crippen LogP contribution in [-0.4, -0.2) is 0 Å². The molecule has 0 unspecified atom stereocenters. The van der Waals surface area contributed by atoms with Gasteiger partial charge in [-0.3, -0.25) is 0 Å². The minimum atomic E-state index is 0.163. The van der Waals surface area contributed by atoms with Crippen LogP contribution in [0.1, 0.15) is 0 Å². The summed E-state index contributed by atoms with van der Waals surface area (Å²) in [7, 11) is 0. The zero-order valence-electron chi connectivity index (χ0n) is 13.2. The van der Waals surface area contributed by atoms with Crippen LogP contribution >= 0.6 is 0 Å². The van der Waals surface area contributed by atoms with Crippen LogP contribution < -0.4 is 0 Å². The maximum absolute atomic E-state index is 5.14. The highest BCUT2D eigenvalue weighted by Gasteiger charge is 2.03. The molecule has 1 rings (SSSR count). The van der Waals surface area contributed by atoms with Gasteiger partial charge in [-0.15, -0.1) is 0 Å². The lowest BCUT2D eigenvalue weighted by Gasteiger charge is -2.10. The van der Waals surface area contributed by atoms with E-state index < -0.39 is 0 Å². The van der Waals surface area contributed by atoms with Gasteiger partial charge in [0.15, 0.2) is 34.6 Å². The lowest BCUT2D eigenvalue weighted by atomic mass is 10.5. The van der Waals surface area contributed by atoms with Crippen LogP contribution in [0.2, 0.25) is 0 Å². The van der Waals surface area contributed by atoms with Crippen LogP contribution in [-0.2, 0) is 28.4 Å². The molecule has 0 N–H and O–H groups in total. The average molecular weight is 330 g/mol. The Balaban J connectivity index is 2.80. The fourth-order valence-corrected chi connectivity index (χ4v) is 1.05. The molecule has 126 valence electrons. The van der Waals surface area contributed by atoms with Gasteiger partial charge in [-0.1, -0.05) is 39.5 Å². The van der Waals surface area contributed by atoms with Gasteiger partial charge in [0.2, 0.25) is 0 Å². The molecule has 0 aromatic rings. The minimum Gasteiger partial charge on any atom is -0.459 e. The summed E-state index contributed by atoms with van der Waals surface area (Å²) >= 11 is 0. The molecule has 0 aliphatic carbocycles. The van der Waals surface area contributed by atoms with Crippen LogP contribution in [0.4, 0.5) is 0 Å². The summed E-state index contributed by atoms with van der Waals surface area (Å²) in [5.74, 6) is 0.977. The molecule has 6 nitrogen and oxygen atoms in total. The Morgan fingerprint density at radius 2 is 0.458 bits per heavy atom. The highest BCUT2D eigenvalue weighted by molar-refractivity contribution is 5.17. The van der Waals surface area contributed by atoms with Gasteiger partial charge in [0.05, 0.1) is 0 Å². The topological polar surface area (TPSA) is 55.4 Å². The summed E-state index contributed by atoms with van der Waals surface area (Å²) in [6.07, 6.45) is 7.35. The highest BCUT2D eigenvalue weighted by Crippen LogP contribution is 2.14. The van der Waals surface area contributed by atoms with Crippen molar-refractivity contribution < 1.29 is 28.4 Å². The minimum absolute atomic E-state index is 0.163. The molecule has 0 atom stereocenters. The van der Waals surface area contributed by atoms with Crippen molar-refractivity contribution in [3.05, 3.63) is 112 Å². The molecule has 0 aromatic heterocycles. The number of rotatable bonds is 0. The third kappa shape index (κ3) is 6.48. The number of hydrogen-bond donors (Lipinski definition) is 0. The SMILES string of the molecule is C=C1OC=COC(=C)C(=C)OC=COC(=C)C(=C)OC=COC1=C. The third-order valence-corrected chi connectivity index (χ3v) is 2.36. The van der Waals surface area contributed by atoms with E-state index in [-0.39, 0.29) is 34.6 Å². The standard InChI is InChI=1S/C18H18O6/c1-13-14(2)20-9-10-22-17(5)18(6)24-12-11-23-16(4)15(3)21-8-7-19-13/h7-12H,1-6H2. The van der Waals surface area contributed by atoms with Gasteiger partial charge in [0, 0.05) is 0 Å². The molecule has 0 aromatic carbocycles. The van der Waals surface area contributed by atoms with Gasteiger partial charge in [0.1, 0.15) is 37.6 Å². The Bertz CT molecular complexity index is 504. The van der Waals surface area contributed by atoms with Crippen molar-refractivity contribution in [1.82, 2.24) is 0 Å². The van der Waals surface area contributed by atoms with Gasteiger partial charge in [-0.25, -0.2) is 0 Å². The molecule has 1 aliphatic rings. The first-order valence-corrected chi connectivity index (χ1v) is 6.51. The molecule has 1 heterocycles. The molecule has 0 bridgehead atoms. The Morgan fingerprint density at radius 3 is 0.583 bits per heavy atom. The van der Waals surface area contributed by atoms with E-state index in [1.807, 2.05) is 0 Å². The van der Waals surface area contributed by atoms with E-state index >= 15 is 0 Å². The number of hydrogen-bond acceptors (Lipinski definition) is 6. The van der Waals surface area contributed by atoms with E-state index in [0.29, 0.717) is 0 Å². The molecule has 0 spiro atoms. The van der Waals surface area contributed by atoms with Crippen molar-refractivity contribution in [2.45, 2.75) is 0 Å². The summed E-state index contributed by atoms with van der Waals surface area (Å²) in [6, 6.07) is 0. The van der Waals surface area contributed by atoms with Crippen LogP contribution in [0.25, 0.3) is 0 Å². The lowest BCUT2D eigenvalue weighted by molar-refractivity contribution is 0.229. The molecule has 0 saturated carbocycles. The van der Waals surface area contributed by atoms with Gasteiger partial charge in [-0.05, 0) is 0 Å². The molecule has 0 amide bonds. The molecular weight excluding hydrogens is 312 g/mol. The van der Waals surface area contributed by atoms with E-state index in [9.17, 15) is 0 Å². The van der Waals surface area contributed by atoms with Crippen molar-refractivity contribution in [2.24, 2.45) is 0 Å². The van der Waals surface area contributed by atoms with Gasteiger partial charge in [-0.2, -0.15) is 0 Å². The van der Waals surface area contributed by atoms with Gasteiger partial charge < -0.3 is 28.4 Å². The Hall–Kier alpha value is -3.54. The second kappa shape index (κ2) is 9.47. The molecule has 6 heteroatoms. The van der Waals surface area contributed by atoms with Crippen molar-refractivity contribution >= 4 is 0 Å². The highest BCUT2D eigenvalue weighted by atomic mass is 16.6. The van der Waals surface area contributed by atoms with Crippen LogP contribution in [0.15, 0.2) is 112 Å². The molecular formula is C18H18O6. The average Bonchev–Trinajstić information content (AvgIpc) is 2.57. The van der Waals surface area contributed by atoms with E-state index in [0.717, 1.165) is 0 Å². The van der Waals surface area contributed by atoms with E-state index in [4.69, 9.17) is 28.4 Å². The largest absolute Gasteiger partial charge is 0.459 e. The predicted octanol–water partition coefficient (Wildman–Crippen LogP) is 4.60. The zero-order valence-corrected chi connectivity index (χ0v) is 13.2. The fraction of sp³-hybridized carbons (Fsp3) is 0. The van der Waals surface area contributed by atoms with E-state index in [1.54, 1.807) is 0 Å². The van der Waals surface area contributed by atoms with Crippen molar-refractivity contribution in [3.63, 3.8) is 0 Å². The molecule has 1 aliphatic heterocycles. The van der Waals surface area contributed by atoms with Crippen molar-refractivity contribution in [1.29, 1.82) is 0 Å². The van der Waals surface area contributed by atoms with Crippen LogP contribution in [0, 0.1) is 0 Å². The van der Waals surface area contributed by atoms with E-state index in [2.05, 4.69) is 39.5 Å². The second-order valence-electron chi connectivity index (χ2n) is 4.06. The number of ether oxygens (including phenoxy) is 6. The molecule has 0 saturated heterocycles. The summed E-state index contributed by atoms with van der Waals surface area (Å²) in [6.45, 7) is 21.8. The van der Waals surface area contributed by atoms with Crippen molar-refractivity contribution in [2.75, 3.05) is 0 Å². The summed E-state index contributed by atoms with van der Waals surface area (Å²) in [5, 5.41) is 0. The first kappa shape index (κ1) is 18.5. The van der Waals surface area contributed by atoms with Crippen LogP contribution in [0.3, 0.4) is 0 Å². The maximum atomic E-state index is 5.14. The first-order valence-electron chi connectivity index (χ1n) is 6.51. The first-order chi connectivity index (χ1) is 11.4. The third-order valence-electron chi connectivity index (χ3n) is 2.36. The molecule has 0 fully saturated rings. The Labute approximate surface area is 140 Å². The van der Waals surface area contributed by atoms with Gasteiger partial charge in [0.25, 0.3) is 0 Å². The monoisotopic (exact) mass is 330 g/mol. The zero-order chi connectivity index (χ0) is 17.9. The maximum Gasteiger partial charge on any atom is 0.161 e. The Morgan fingerprint density at radius 1 is 0.333 bits per heavy atom. The van der Waals surface area contributed by atoms with Crippen LogP contribution in [0.5, 0.6) is 0 Å². The molecule has 0 radical (unpaired) electrons. The summed E-state index contributed by atoms with van der Waals surface area (Å²) in [5.41, 5.74) is 0. The smallest absolute Gasteiger partial charge is 0.161 e. The van der Waals surface area contributed by atoms with Crippen molar-refractivity contribution in [3.8, 4) is 0 Å². The van der Waals surface area contributed by atoms with Gasteiger partial charge >= 0.3 is 0 Å². The normalized spacial score (nSPS) is 17.5. The Kier molecular flexibility index (Phi) is 7.30. The fourth-order valence-electron chi connectivity index (χ4n) is 1.05. The second-order valence-corrected chi connectivity index (χ2v) is 4.06. The summed E-state index contributed by atoms with van der Waals surface area (Å²) < 4.78 is 30.9. The molecule has 24 heavy (non-hydrogen) atoms. The summed E-state index contributed by atoms with van der Waals surface area (Å²) in [4.78, 5) is 0. The lowest BCUT2D eigenvalue weighted by Crippen LogP contribution is -1.94.